The fourth-order valence-electron chi connectivity index (χ4n) is 1.63. The van der Waals surface area contributed by atoms with Gasteiger partial charge in [0.2, 0.25) is 0 Å². The van der Waals surface area contributed by atoms with E-state index in [1.165, 1.54) is 0 Å². The maximum Gasteiger partial charge on any atom is 0.262 e. The van der Waals surface area contributed by atoms with Crippen LogP contribution in [0.5, 0.6) is 17.4 Å². The average molecular weight is 258 g/mol. The molecule has 2 N–H and O–H groups in total. The molecule has 0 aliphatic heterocycles. The topological polar surface area (TPSA) is 57.4 Å². The number of pyridine rings is 1. The zero-order valence-electron chi connectivity index (χ0n) is 11.4. The van der Waals surface area contributed by atoms with Crippen LogP contribution < -0.4 is 15.2 Å². The molecule has 1 aromatic heterocycles. The minimum absolute atomic E-state index is 0.0634. The van der Waals surface area contributed by atoms with Gasteiger partial charge < -0.3 is 15.2 Å². The van der Waals surface area contributed by atoms with Gasteiger partial charge in [-0.25, -0.2) is 4.98 Å². The lowest BCUT2D eigenvalue weighted by Crippen LogP contribution is -2.07. The van der Waals surface area contributed by atoms with E-state index in [4.69, 9.17) is 15.2 Å². The van der Waals surface area contributed by atoms with Crippen molar-refractivity contribution in [2.24, 2.45) is 0 Å². The SMILES string of the molecule is Cc1ccc(N)cc1Oc1ncccc1OC(C)C. The van der Waals surface area contributed by atoms with Crippen LogP contribution in [-0.2, 0) is 0 Å². The van der Waals surface area contributed by atoms with E-state index in [1.807, 2.05) is 45.0 Å². The van der Waals surface area contributed by atoms with Crippen LogP contribution >= 0.6 is 0 Å². The number of hydrogen-bond acceptors (Lipinski definition) is 4. The molecule has 1 heterocycles. The van der Waals surface area contributed by atoms with Crippen molar-refractivity contribution in [3.05, 3.63) is 42.1 Å². The van der Waals surface area contributed by atoms with Gasteiger partial charge in [0.05, 0.1) is 6.10 Å². The quantitative estimate of drug-likeness (QED) is 0.852. The van der Waals surface area contributed by atoms with Crippen molar-refractivity contribution < 1.29 is 9.47 Å². The standard InChI is InChI=1S/C15H18N2O2/c1-10(2)18-13-5-4-8-17-15(13)19-14-9-12(16)7-6-11(14)3/h4-10H,16H2,1-3H3. The Hall–Kier alpha value is -2.23. The molecular weight excluding hydrogens is 240 g/mol. The monoisotopic (exact) mass is 258 g/mol. The Morgan fingerprint density at radius 2 is 1.95 bits per heavy atom. The highest BCUT2D eigenvalue weighted by Crippen LogP contribution is 2.32. The number of anilines is 1. The molecular formula is C15H18N2O2. The molecule has 0 aliphatic rings. The highest BCUT2D eigenvalue weighted by Gasteiger charge is 2.10. The van der Waals surface area contributed by atoms with Crippen molar-refractivity contribution in [3.63, 3.8) is 0 Å². The predicted octanol–water partition coefficient (Wildman–Crippen LogP) is 3.55. The highest BCUT2D eigenvalue weighted by atomic mass is 16.5. The Morgan fingerprint density at radius 3 is 2.68 bits per heavy atom. The number of rotatable bonds is 4. The summed E-state index contributed by atoms with van der Waals surface area (Å²) in [4.78, 5) is 4.21. The molecule has 1 aromatic carbocycles. The summed E-state index contributed by atoms with van der Waals surface area (Å²) in [5.41, 5.74) is 7.42. The van der Waals surface area contributed by atoms with Crippen LogP contribution in [0.25, 0.3) is 0 Å². The number of benzene rings is 1. The Labute approximate surface area is 113 Å². The lowest BCUT2D eigenvalue weighted by molar-refractivity contribution is 0.231. The second-order valence-electron chi connectivity index (χ2n) is 4.60. The van der Waals surface area contributed by atoms with E-state index >= 15 is 0 Å². The Balaban J connectivity index is 2.30. The van der Waals surface area contributed by atoms with Crippen molar-refractivity contribution in [2.75, 3.05) is 5.73 Å². The van der Waals surface area contributed by atoms with Gasteiger partial charge in [-0.2, -0.15) is 0 Å². The molecule has 2 aromatic rings. The molecule has 2 rings (SSSR count). The van der Waals surface area contributed by atoms with E-state index in [9.17, 15) is 0 Å². The summed E-state index contributed by atoms with van der Waals surface area (Å²) in [7, 11) is 0. The van der Waals surface area contributed by atoms with E-state index in [1.54, 1.807) is 12.3 Å². The van der Waals surface area contributed by atoms with Crippen LogP contribution in [0.3, 0.4) is 0 Å². The highest BCUT2D eigenvalue weighted by molar-refractivity contribution is 5.50. The third kappa shape index (κ3) is 3.37. The largest absolute Gasteiger partial charge is 0.485 e. The molecule has 0 aliphatic carbocycles. The third-order valence-electron chi connectivity index (χ3n) is 2.52. The number of nitrogen functional groups attached to an aromatic ring is 1. The number of aromatic nitrogens is 1. The first-order valence-electron chi connectivity index (χ1n) is 6.22. The third-order valence-corrected chi connectivity index (χ3v) is 2.52. The Kier molecular flexibility index (Phi) is 3.90. The number of nitrogens with two attached hydrogens (primary N) is 1. The summed E-state index contributed by atoms with van der Waals surface area (Å²) in [6.07, 6.45) is 1.73. The van der Waals surface area contributed by atoms with Crippen LogP contribution in [0.15, 0.2) is 36.5 Å². The average Bonchev–Trinajstić information content (AvgIpc) is 2.35. The molecule has 4 nitrogen and oxygen atoms in total. The maximum atomic E-state index is 5.81. The van der Waals surface area contributed by atoms with Gasteiger partial charge in [-0.05, 0) is 44.5 Å². The molecule has 0 atom stereocenters. The lowest BCUT2D eigenvalue weighted by atomic mass is 10.2. The first kappa shape index (κ1) is 13.2. The first-order valence-corrected chi connectivity index (χ1v) is 6.22. The van der Waals surface area contributed by atoms with E-state index in [-0.39, 0.29) is 6.10 Å². The molecule has 0 saturated carbocycles. The van der Waals surface area contributed by atoms with Crippen LogP contribution in [-0.4, -0.2) is 11.1 Å². The Bertz CT molecular complexity index is 568. The number of ether oxygens (including phenoxy) is 2. The molecule has 4 heteroatoms. The fraction of sp³-hybridized carbons (Fsp3) is 0.267. The van der Waals surface area contributed by atoms with Gasteiger partial charge >= 0.3 is 0 Å². The lowest BCUT2D eigenvalue weighted by Gasteiger charge is -2.14. The molecule has 0 bridgehead atoms. The maximum absolute atomic E-state index is 5.81. The summed E-state index contributed by atoms with van der Waals surface area (Å²) in [5.74, 6) is 1.76. The van der Waals surface area contributed by atoms with Crippen molar-refractivity contribution in [3.8, 4) is 17.4 Å². The van der Waals surface area contributed by atoms with Gasteiger partial charge in [0.1, 0.15) is 5.75 Å². The van der Waals surface area contributed by atoms with E-state index in [0.29, 0.717) is 23.1 Å². The second-order valence-corrected chi connectivity index (χ2v) is 4.60. The zero-order chi connectivity index (χ0) is 13.8. The number of hydrogen-bond donors (Lipinski definition) is 1. The van der Waals surface area contributed by atoms with Crippen molar-refractivity contribution in [2.45, 2.75) is 26.9 Å². The van der Waals surface area contributed by atoms with Gasteiger partial charge in [-0.1, -0.05) is 6.07 Å². The van der Waals surface area contributed by atoms with E-state index in [2.05, 4.69) is 4.98 Å². The summed E-state index contributed by atoms with van der Waals surface area (Å²) in [6.45, 7) is 5.88. The molecule has 0 unspecified atom stereocenters. The van der Waals surface area contributed by atoms with Crippen LogP contribution in [0, 0.1) is 6.92 Å². The van der Waals surface area contributed by atoms with E-state index in [0.717, 1.165) is 5.56 Å². The molecule has 0 fully saturated rings. The minimum atomic E-state index is 0.0634. The number of aryl methyl sites for hydroxylation is 1. The van der Waals surface area contributed by atoms with Crippen molar-refractivity contribution in [1.82, 2.24) is 4.98 Å². The van der Waals surface area contributed by atoms with Gasteiger partial charge in [0.25, 0.3) is 5.88 Å². The second kappa shape index (κ2) is 5.61. The van der Waals surface area contributed by atoms with Gasteiger partial charge in [-0.15, -0.1) is 0 Å². The van der Waals surface area contributed by atoms with Gasteiger partial charge in [-0.3, -0.25) is 0 Å². The zero-order valence-corrected chi connectivity index (χ0v) is 11.4. The van der Waals surface area contributed by atoms with Crippen molar-refractivity contribution >= 4 is 5.69 Å². The van der Waals surface area contributed by atoms with Crippen LogP contribution in [0.2, 0.25) is 0 Å². The van der Waals surface area contributed by atoms with Crippen molar-refractivity contribution in [1.29, 1.82) is 0 Å². The number of nitrogens with zero attached hydrogens (tertiary/aromatic N) is 1. The molecule has 0 saturated heterocycles. The summed E-state index contributed by atoms with van der Waals surface area (Å²) >= 11 is 0. The van der Waals surface area contributed by atoms with Gasteiger partial charge in [0, 0.05) is 18.0 Å². The van der Waals surface area contributed by atoms with Crippen LogP contribution in [0.4, 0.5) is 5.69 Å². The summed E-state index contributed by atoms with van der Waals surface area (Å²) < 4.78 is 11.5. The fourth-order valence-corrected chi connectivity index (χ4v) is 1.63. The predicted molar refractivity (Wildman–Crippen MR) is 75.7 cm³/mol. The normalized spacial score (nSPS) is 10.5. The molecule has 0 amide bonds. The molecule has 100 valence electrons. The van der Waals surface area contributed by atoms with E-state index < -0.39 is 0 Å². The molecule has 0 spiro atoms. The Morgan fingerprint density at radius 1 is 1.16 bits per heavy atom. The summed E-state index contributed by atoms with van der Waals surface area (Å²) in [6, 6.07) is 9.19. The van der Waals surface area contributed by atoms with Gasteiger partial charge in [0.15, 0.2) is 5.75 Å². The smallest absolute Gasteiger partial charge is 0.262 e. The minimum Gasteiger partial charge on any atom is -0.485 e. The molecule has 19 heavy (non-hydrogen) atoms. The first-order chi connectivity index (χ1) is 9.06. The van der Waals surface area contributed by atoms with Crippen LogP contribution in [0.1, 0.15) is 19.4 Å². The summed E-state index contributed by atoms with van der Waals surface area (Å²) in [5, 5.41) is 0. The molecule has 0 radical (unpaired) electrons.